The first-order valence-electron chi connectivity index (χ1n) is 11.7. The van der Waals surface area contributed by atoms with Crippen molar-refractivity contribution in [2.75, 3.05) is 38.5 Å². The fourth-order valence-electron chi connectivity index (χ4n) is 4.54. The number of halogens is 2. The van der Waals surface area contributed by atoms with Crippen LogP contribution in [0.5, 0.6) is 0 Å². The minimum absolute atomic E-state index is 0.0714. The van der Waals surface area contributed by atoms with Crippen molar-refractivity contribution in [2.45, 2.75) is 16.5 Å². The largest absolute Gasteiger partial charge is 0.391 e. The molecular weight excluding hydrogens is 484 g/mol. The van der Waals surface area contributed by atoms with E-state index < -0.39 is 6.10 Å². The number of thiazole rings is 1. The molecule has 0 bridgehead atoms. The molecule has 1 fully saturated rings. The van der Waals surface area contributed by atoms with Crippen LogP contribution in [0.1, 0.15) is 17.2 Å². The maximum Gasteiger partial charge on any atom is 0.151 e. The van der Waals surface area contributed by atoms with Gasteiger partial charge in [0.05, 0.1) is 22.4 Å². The second-order valence-corrected chi connectivity index (χ2v) is 11.1. The first kappa shape index (κ1) is 24.3. The van der Waals surface area contributed by atoms with Crippen LogP contribution < -0.4 is 0 Å². The summed E-state index contributed by atoms with van der Waals surface area (Å²) in [5.74, 6) is 0.0663. The van der Waals surface area contributed by atoms with Crippen molar-refractivity contribution >= 4 is 33.3 Å². The number of benzene rings is 3. The number of β-amino-alcohol motifs (C(OH)–C–C–N with tert-alkyl or cyclic N) is 1. The Morgan fingerprint density at radius 1 is 0.857 bits per heavy atom. The summed E-state index contributed by atoms with van der Waals surface area (Å²) >= 11 is 3.26. The lowest BCUT2D eigenvalue weighted by atomic mass is 9.96. The van der Waals surface area contributed by atoms with Gasteiger partial charge in [-0.15, -0.1) is 11.3 Å². The van der Waals surface area contributed by atoms with E-state index in [4.69, 9.17) is 0 Å². The van der Waals surface area contributed by atoms with Crippen molar-refractivity contribution < 1.29 is 13.9 Å². The van der Waals surface area contributed by atoms with Gasteiger partial charge in [0.15, 0.2) is 4.34 Å². The molecule has 0 radical (unpaired) electrons. The van der Waals surface area contributed by atoms with Crippen LogP contribution in [-0.2, 0) is 0 Å². The van der Waals surface area contributed by atoms with E-state index in [1.165, 1.54) is 24.3 Å². The molecule has 1 unspecified atom stereocenters. The molecule has 1 aliphatic rings. The molecule has 1 N–H and O–H groups in total. The van der Waals surface area contributed by atoms with Crippen LogP contribution >= 0.6 is 23.1 Å². The maximum atomic E-state index is 13.5. The standard InChI is InChI=1S/C27H27F2N3OS2/c28-21-9-5-19(6-10-21)26(20-7-11-22(29)12-8-20)32-15-13-31(14-16-32)17-23(33)18-34-27-30-24-3-1-2-4-25(24)35-27/h1-12,23,26,33H,13-18H2. The third kappa shape index (κ3) is 6.08. The van der Waals surface area contributed by atoms with E-state index in [1.54, 1.807) is 47.4 Å². The van der Waals surface area contributed by atoms with E-state index in [-0.39, 0.29) is 17.7 Å². The average molecular weight is 512 g/mol. The second kappa shape index (κ2) is 11.1. The van der Waals surface area contributed by atoms with Crippen molar-refractivity contribution in [1.82, 2.24) is 14.8 Å². The summed E-state index contributed by atoms with van der Waals surface area (Å²) in [5, 5.41) is 10.7. The summed E-state index contributed by atoms with van der Waals surface area (Å²) in [6.07, 6.45) is -0.441. The quantitative estimate of drug-likeness (QED) is 0.319. The van der Waals surface area contributed by atoms with E-state index in [2.05, 4.69) is 20.9 Å². The van der Waals surface area contributed by atoms with Crippen LogP contribution in [0.4, 0.5) is 8.78 Å². The van der Waals surface area contributed by atoms with E-state index in [0.29, 0.717) is 12.3 Å². The van der Waals surface area contributed by atoms with Crippen LogP contribution in [0.3, 0.4) is 0 Å². The highest BCUT2D eigenvalue weighted by Crippen LogP contribution is 2.31. The Hall–Kier alpha value is -2.36. The molecule has 0 saturated carbocycles. The number of para-hydroxylation sites is 1. The monoisotopic (exact) mass is 511 g/mol. The first-order valence-corrected chi connectivity index (χ1v) is 13.5. The van der Waals surface area contributed by atoms with E-state index in [0.717, 1.165) is 51.9 Å². The summed E-state index contributed by atoms with van der Waals surface area (Å²) in [6, 6.07) is 21.1. The van der Waals surface area contributed by atoms with Crippen molar-refractivity contribution in [1.29, 1.82) is 0 Å². The van der Waals surface area contributed by atoms with Crippen LogP contribution in [0, 0.1) is 11.6 Å². The van der Waals surface area contributed by atoms with Gasteiger partial charge in [-0.05, 0) is 47.5 Å². The molecule has 1 aromatic heterocycles. The number of nitrogens with zero attached hydrogens (tertiary/aromatic N) is 3. The molecule has 2 heterocycles. The van der Waals surface area contributed by atoms with Crippen LogP contribution in [0.2, 0.25) is 0 Å². The van der Waals surface area contributed by atoms with Gasteiger partial charge in [0.1, 0.15) is 11.6 Å². The molecule has 0 spiro atoms. The Bertz CT molecular complexity index is 1160. The molecule has 35 heavy (non-hydrogen) atoms. The minimum atomic E-state index is -0.441. The summed E-state index contributed by atoms with van der Waals surface area (Å²) in [4.78, 5) is 9.26. The van der Waals surface area contributed by atoms with Crippen LogP contribution in [0.25, 0.3) is 10.2 Å². The van der Waals surface area contributed by atoms with Gasteiger partial charge in [0.25, 0.3) is 0 Å². The molecular formula is C27H27F2N3OS2. The summed E-state index contributed by atoms with van der Waals surface area (Å²) in [6.45, 7) is 3.86. The zero-order valence-electron chi connectivity index (χ0n) is 19.2. The van der Waals surface area contributed by atoms with Crippen molar-refractivity contribution in [3.05, 3.63) is 95.6 Å². The maximum absolute atomic E-state index is 13.5. The number of thioether (sulfide) groups is 1. The predicted molar refractivity (Wildman–Crippen MR) is 139 cm³/mol. The van der Waals surface area contributed by atoms with Gasteiger partial charge >= 0.3 is 0 Å². The van der Waals surface area contributed by atoms with E-state index >= 15 is 0 Å². The van der Waals surface area contributed by atoms with Crippen molar-refractivity contribution in [3.8, 4) is 0 Å². The van der Waals surface area contributed by atoms with Crippen LogP contribution in [0.15, 0.2) is 77.1 Å². The number of aromatic nitrogens is 1. The van der Waals surface area contributed by atoms with Gasteiger partial charge in [-0.2, -0.15) is 0 Å². The molecule has 1 atom stereocenters. The Kier molecular flexibility index (Phi) is 7.75. The molecule has 182 valence electrons. The number of hydrogen-bond acceptors (Lipinski definition) is 6. The number of aliphatic hydroxyl groups is 1. The summed E-state index contributed by atoms with van der Waals surface area (Å²) < 4.78 is 29.2. The average Bonchev–Trinajstić information content (AvgIpc) is 3.29. The Morgan fingerprint density at radius 2 is 1.46 bits per heavy atom. The smallest absolute Gasteiger partial charge is 0.151 e. The van der Waals surface area contributed by atoms with E-state index in [1.807, 2.05) is 18.2 Å². The number of rotatable bonds is 8. The number of hydrogen-bond donors (Lipinski definition) is 1. The highest BCUT2D eigenvalue weighted by molar-refractivity contribution is 8.01. The number of aliphatic hydroxyl groups excluding tert-OH is 1. The predicted octanol–water partition coefficient (Wildman–Crippen LogP) is 5.43. The Labute approximate surface area is 212 Å². The number of fused-ring (bicyclic) bond motifs is 1. The van der Waals surface area contributed by atoms with Crippen LogP contribution in [-0.4, -0.2) is 64.5 Å². The molecule has 0 aliphatic carbocycles. The normalized spacial score (nSPS) is 16.2. The van der Waals surface area contributed by atoms with Gasteiger partial charge in [-0.3, -0.25) is 9.80 Å². The Balaban J connectivity index is 1.18. The molecule has 5 rings (SSSR count). The molecule has 0 amide bonds. The van der Waals surface area contributed by atoms with Gasteiger partial charge in [-0.25, -0.2) is 13.8 Å². The van der Waals surface area contributed by atoms with Gasteiger partial charge < -0.3 is 5.11 Å². The number of piperazine rings is 1. The first-order chi connectivity index (χ1) is 17.0. The van der Waals surface area contributed by atoms with Crippen molar-refractivity contribution in [2.24, 2.45) is 0 Å². The lowest BCUT2D eigenvalue weighted by molar-refractivity contribution is 0.0708. The molecule has 1 saturated heterocycles. The molecule has 3 aromatic carbocycles. The molecule has 1 aliphatic heterocycles. The summed E-state index contributed by atoms with van der Waals surface area (Å²) in [5.41, 5.74) is 2.97. The fourth-order valence-corrected chi connectivity index (χ4v) is 6.55. The highest BCUT2D eigenvalue weighted by Gasteiger charge is 2.27. The summed E-state index contributed by atoms with van der Waals surface area (Å²) in [7, 11) is 0. The topological polar surface area (TPSA) is 39.6 Å². The lowest BCUT2D eigenvalue weighted by Crippen LogP contribution is -2.50. The van der Waals surface area contributed by atoms with Gasteiger partial charge in [0, 0.05) is 38.5 Å². The molecule has 4 aromatic rings. The second-order valence-electron chi connectivity index (χ2n) is 8.75. The zero-order chi connectivity index (χ0) is 24.2. The Morgan fingerprint density at radius 3 is 2.06 bits per heavy atom. The van der Waals surface area contributed by atoms with Gasteiger partial charge in [-0.1, -0.05) is 48.2 Å². The van der Waals surface area contributed by atoms with E-state index in [9.17, 15) is 13.9 Å². The SMILES string of the molecule is OC(CSc1nc2ccccc2s1)CN1CCN(C(c2ccc(F)cc2)c2ccc(F)cc2)CC1. The molecule has 8 heteroatoms. The zero-order valence-corrected chi connectivity index (χ0v) is 20.8. The molecule has 4 nitrogen and oxygen atoms in total. The minimum Gasteiger partial charge on any atom is -0.391 e. The third-order valence-electron chi connectivity index (χ3n) is 6.29. The highest BCUT2D eigenvalue weighted by atomic mass is 32.2. The third-order valence-corrected chi connectivity index (χ3v) is 8.61. The lowest BCUT2D eigenvalue weighted by Gasteiger charge is -2.40. The van der Waals surface area contributed by atoms with Crippen molar-refractivity contribution in [3.63, 3.8) is 0 Å². The van der Waals surface area contributed by atoms with Gasteiger partial charge in [0.2, 0.25) is 0 Å². The fraction of sp³-hybridized carbons (Fsp3) is 0.296.